The van der Waals surface area contributed by atoms with Crippen LogP contribution < -0.4 is 5.32 Å². The highest BCUT2D eigenvalue weighted by molar-refractivity contribution is 6.40. The van der Waals surface area contributed by atoms with Crippen LogP contribution in [0.4, 0.5) is 5.69 Å². The Kier molecular flexibility index (Phi) is 5.93. The van der Waals surface area contributed by atoms with Crippen LogP contribution in [-0.4, -0.2) is 52.8 Å². The third-order valence-corrected chi connectivity index (χ3v) is 6.51. The number of nitrogens with one attached hydrogen (secondary N) is 1. The molecule has 9 nitrogen and oxygen atoms in total. The van der Waals surface area contributed by atoms with E-state index >= 15 is 0 Å². The summed E-state index contributed by atoms with van der Waals surface area (Å²) >= 11 is 6.22. The first kappa shape index (κ1) is 24.1. The number of esters is 1. The van der Waals surface area contributed by atoms with E-state index in [2.05, 4.69) is 5.32 Å². The van der Waals surface area contributed by atoms with Gasteiger partial charge < -0.3 is 10.1 Å². The number of rotatable bonds is 5. The summed E-state index contributed by atoms with van der Waals surface area (Å²) in [7, 11) is 0. The van der Waals surface area contributed by atoms with Crippen LogP contribution in [-0.2, 0) is 14.3 Å². The van der Waals surface area contributed by atoms with E-state index in [9.17, 15) is 28.8 Å². The van der Waals surface area contributed by atoms with Crippen molar-refractivity contribution >= 4 is 52.5 Å². The minimum absolute atomic E-state index is 0.0283. The van der Waals surface area contributed by atoms with Gasteiger partial charge in [0, 0.05) is 11.1 Å². The Bertz CT molecular complexity index is 1530. The van der Waals surface area contributed by atoms with Gasteiger partial charge in [-0.15, -0.1) is 0 Å². The molecular formula is C27H17ClN2O7. The van der Waals surface area contributed by atoms with Gasteiger partial charge in [0.1, 0.15) is 6.04 Å². The molecule has 3 amide bonds. The summed E-state index contributed by atoms with van der Waals surface area (Å²) in [6.45, 7) is 0.557. The van der Waals surface area contributed by atoms with Crippen molar-refractivity contribution in [3.8, 4) is 0 Å². The zero-order valence-electron chi connectivity index (χ0n) is 19.2. The first-order chi connectivity index (χ1) is 17.7. The van der Waals surface area contributed by atoms with Gasteiger partial charge in [-0.25, -0.2) is 4.79 Å². The van der Waals surface area contributed by atoms with Crippen LogP contribution in [0.25, 0.3) is 0 Å². The molecule has 0 saturated heterocycles. The van der Waals surface area contributed by atoms with Crippen LogP contribution in [0, 0.1) is 0 Å². The van der Waals surface area contributed by atoms with Crippen LogP contribution in [0.1, 0.15) is 59.5 Å². The third-order valence-electron chi connectivity index (χ3n) is 6.20. The Morgan fingerprint density at radius 3 is 1.89 bits per heavy atom. The van der Waals surface area contributed by atoms with E-state index in [1.54, 1.807) is 24.3 Å². The van der Waals surface area contributed by atoms with Crippen LogP contribution in [0.15, 0.2) is 60.7 Å². The molecule has 2 aliphatic rings. The third kappa shape index (κ3) is 3.89. The van der Waals surface area contributed by atoms with E-state index < -0.39 is 47.9 Å². The number of benzene rings is 3. The maximum absolute atomic E-state index is 13.1. The molecule has 0 bridgehead atoms. The second-order valence-electron chi connectivity index (χ2n) is 8.41. The number of nitrogens with zero attached hydrogens (tertiary/aromatic N) is 1. The fraction of sp³-hybridized carbons (Fsp3) is 0.111. The van der Waals surface area contributed by atoms with Gasteiger partial charge in [0.2, 0.25) is 0 Å². The Balaban J connectivity index is 1.30. The predicted molar refractivity (Wildman–Crippen MR) is 131 cm³/mol. The largest absolute Gasteiger partial charge is 0.454 e. The molecule has 0 fully saturated rings. The molecule has 3 aromatic carbocycles. The Labute approximate surface area is 215 Å². The number of hydrogen-bond donors (Lipinski definition) is 1. The second kappa shape index (κ2) is 9.11. The zero-order chi connectivity index (χ0) is 26.4. The van der Waals surface area contributed by atoms with Crippen LogP contribution in [0.5, 0.6) is 0 Å². The number of ether oxygens (including phenoxy) is 1. The maximum atomic E-state index is 13.1. The number of carbonyl (C=O) groups is 6. The van der Waals surface area contributed by atoms with E-state index in [0.29, 0.717) is 0 Å². The molecule has 1 atom stereocenters. The average molecular weight is 517 g/mol. The molecule has 1 aliphatic carbocycles. The van der Waals surface area contributed by atoms with Gasteiger partial charge >= 0.3 is 5.97 Å². The van der Waals surface area contributed by atoms with Gasteiger partial charge in [-0.3, -0.25) is 28.9 Å². The predicted octanol–water partition coefficient (Wildman–Crippen LogP) is 3.28. The molecule has 3 aromatic rings. The van der Waals surface area contributed by atoms with Gasteiger partial charge in [0.25, 0.3) is 17.7 Å². The highest BCUT2D eigenvalue weighted by atomic mass is 35.5. The summed E-state index contributed by atoms with van der Waals surface area (Å²) in [6.07, 6.45) is 0. The molecule has 0 radical (unpaired) electrons. The standard InChI is InChI=1S/C27H17ClN2O7/c1-13(30-25(34)16-8-4-5-9-17(16)26(30)35)27(36)37-12-20(31)29-19-11-10-18(28)21-22(19)24(33)15-7-3-2-6-14(15)23(21)32/h2-11,13H,12H2,1H3,(H,29,31). The number of ketones is 2. The van der Waals surface area contributed by atoms with Crippen molar-refractivity contribution in [1.82, 2.24) is 4.90 Å². The topological polar surface area (TPSA) is 127 Å². The number of carbonyl (C=O) groups excluding carboxylic acids is 6. The molecular weight excluding hydrogens is 500 g/mol. The SMILES string of the molecule is CC(C(=O)OCC(=O)Nc1ccc(Cl)c2c1C(=O)c1ccccc1C2=O)N1C(=O)c2ccccc2C1=O. The summed E-state index contributed by atoms with van der Waals surface area (Å²) in [4.78, 5) is 77.3. The minimum Gasteiger partial charge on any atom is -0.454 e. The van der Waals surface area contributed by atoms with Crippen LogP contribution >= 0.6 is 11.6 Å². The van der Waals surface area contributed by atoms with Crippen molar-refractivity contribution in [3.63, 3.8) is 0 Å². The normalized spacial score (nSPS) is 14.6. The van der Waals surface area contributed by atoms with E-state index in [1.807, 2.05) is 0 Å². The number of hydrogen-bond acceptors (Lipinski definition) is 7. The van der Waals surface area contributed by atoms with Gasteiger partial charge in [0.15, 0.2) is 18.2 Å². The first-order valence-corrected chi connectivity index (χ1v) is 11.5. The zero-order valence-corrected chi connectivity index (χ0v) is 20.0. The number of halogens is 1. The monoisotopic (exact) mass is 516 g/mol. The van der Waals surface area contributed by atoms with Gasteiger partial charge in [-0.2, -0.15) is 0 Å². The molecule has 184 valence electrons. The lowest BCUT2D eigenvalue weighted by atomic mass is 9.83. The van der Waals surface area contributed by atoms with Gasteiger partial charge in [-0.1, -0.05) is 48.0 Å². The molecule has 5 rings (SSSR count). The molecule has 10 heteroatoms. The van der Waals surface area contributed by atoms with Crippen molar-refractivity contribution in [2.75, 3.05) is 11.9 Å². The first-order valence-electron chi connectivity index (χ1n) is 11.1. The van der Waals surface area contributed by atoms with Crippen LogP contribution in [0.2, 0.25) is 5.02 Å². The molecule has 37 heavy (non-hydrogen) atoms. The molecule has 1 aliphatic heterocycles. The fourth-order valence-corrected chi connectivity index (χ4v) is 4.64. The van der Waals surface area contributed by atoms with E-state index in [-0.39, 0.29) is 44.1 Å². The number of amides is 3. The maximum Gasteiger partial charge on any atom is 0.329 e. The lowest BCUT2D eigenvalue weighted by Crippen LogP contribution is -2.44. The molecule has 1 unspecified atom stereocenters. The van der Waals surface area contributed by atoms with Crippen molar-refractivity contribution < 1.29 is 33.5 Å². The fourth-order valence-electron chi connectivity index (χ4n) is 4.40. The second-order valence-corrected chi connectivity index (χ2v) is 8.81. The highest BCUT2D eigenvalue weighted by Crippen LogP contribution is 2.36. The van der Waals surface area contributed by atoms with Gasteiger partial charge in [-0.05, 0) is 31.2 Å². The number of imide groups is 1. The van der Waals surface area contributed by atoms with Crippen molar-refractivity contribution in [2.24, 2.45) is 0 Å². The molecule has 0 aromatic heterocycles. The van der Waals surface area contributed by atoms with Gasteiger partial charge in [0.05, 0.1) is 33.0 Å². The Hall–Kier alpha value is -4.63. The highest BCUT2D eigenvalue weighted by Gasteiger charge is 2.41. The van der Waals surface area contributed by atoms with E-state index in [1.165, 1.54) is 43.3 Å². The number of anilines is 1. The quantitative estimate of drug-likeness (QED) is 0.318. The van der Waals surface area contributed by atoms with E-state index in [4.69, 9.17) is 16.3 Å². The Morgan fingerprint density at radius 1 is 0.811 bits per heavy atom. The van der Waals surface area contributed by atoms with Crippen LogP contribution in [0.3, 0.4) is 0 Å². The smallest absolute Gasteiger partial charge is 0.329 e. The number of fused-ring (bicyclic) bond motifs is 3. The van der Waals surface area contributed by atoms with Crippen molar-refractivity contribution in [1.29, 1.82) is 0 Å². The summed E-state index contributed by atoms with van der Waals surface area (Å²) in [6, 6.07) is 13.9. The summed E-state index contributed by atoms with van der Waals surface area (Å²) in [5.74, 6) is -3.97. The lowest BCUT2D eigenvalue weighted by molar-refractivity contribution is -0.150. The summed E-state index contributed by atoms with van der Waals surface area (Å²) in [5.41, 5.74) is 0.688. The average Bonchev–Trinajstić information content (AvgIpc) is 3.16. The molecule has 1 N–H and O–H groups in total. The molecule has 0 saturated carbocycles. The lowest BCUT2D eigenvalue weighted by Gasteiger charge is -2.22. The molecule has 1 heterocycles. The summed E-state index contributed by atoms with van der Waals surface area (Å²) < 4.78 is 5.04. The van der Waals surface area contributed by atoms with Crippen molar-refractivity contribution in [3.05, 3.63) is 99.1 Å². The molecule has 0 spiro atoms. The Morgan fingerprint density at radius 2 is 1.32 bits per heavy atom. The minimum atomic E-state index is -1.28. The van der Waals surface area contributed by atoms with E-state index in [0.717, 1.165) is 4.90 Å². The summed E-state index contributed by atoms with van der Waals surface area (Å²) in [5, 5.41) is 2.54. The van der Waals surface area contributed by atoms with Crippen molar-refractivity contribution in [2.45, 2.75) is 13.0 Å².